The first-order valence-corrected chi connectivity index (χ1v) is 19.3. The molecule has 0 aromatic heterocycles. The van der Waals surface area contributed by atoms with E-state index < -0.39 is 0 Å². The Kier molecular flexibility index (Phi) is 16.1. The molecule has 0 heterocycles. The summed E-state index contributed by atoms with van der Waals surface area (Å²) in [7, 11) is 0. The maximum Gasteiger partial charge on any atom is 0.0314 e. The van der Waals surface area contributed by atoms with E-state index in [4.69, 9.17) is 11.5 Å². The summed E-state index contributed by atoms with van der Waals surface area (Å²) in [5, 5.41) is 0. The molecule has 258 valence electrons. The molecule has 0 radical (unpaired) electrons. The topological polar surface area (TPSA) is 52.0 Å². The largest absolute Gasteiger partial charge is 0.399 e. The molecule has 0 saturated heterocycles. The second-order valence-electron chi connectivity index (χ2n) is 14.5. The predicted molar refractivity (Wildman–Crippen MR) is 211 cm³/mol. The van der Waals surface area contributed by atoms with E-state index in [1.807, 2.05) is 0 Å². The standard InChI is InChI=1S/C46H64N2/c1-4-6-8-10-12-14-16-45(41-26-30-43(47)31-27-41)39-22-18-37(19-23-39)34-36(3)35-38-20-24-40(25-21-38)46(17-15-13-11-9-7-5-2)42-28-32-44(48)33-29-42/h18-33,36,45-46H,4-17,34-35,47-48H2,1-3H3. The molecule has 2 nitrogen and oxygen atoms in total. The van der Waals surface area contributed by atoms with Crippen molar-refractivity contribution in [1.29, 1.82) is 0 Å². The molecule has 4 aromatic rings. The van der Waals surface area contributed by atoms with Crippen LogP contribution in [0, 0.1) is 5.92 Å². The van der Waals surface area contributed by atoms with Gasteiger partial charge >= 0.3 is 0 Å². The number of hydrogen-bond donors (Lipinski definition) is 2. The third kappa shape index (κ3) is 12.5. The van der Waals surface area contributed by atoms with Crippen LogP contribution in [-0.4, -0.2) is 0 Å². The highest BCUT2D eigenvalue weighted by molar-refractivity contribution is 5.44. The maximum atomic E-state index is 6.03. The molecule has 4 aromatic carbocycles. The molecule has 0 fully saturated rings. The van der Waals surface area contributed by atoms with E-state index >= 15 is 0 Å². The van der Waals surface area contributed by atoms with Gasteiger partial charge in [0.2, 0.25) is 0 Å². The van der Waals surface area contributed by atoms with Gasteiger partial charge in [-0.25, -0.2) is 0 Å². The molecule has 0 aliphatic rings. The van der Waals surface area contributed by atoms with Gasteiger partial charge in [-0.2, -0.15) is 0 Å². The molecule has 0 bridgehead atoms. The number of anilines is 2. The molecule has 0 spiro atoms. The SMILES string of the molecule is CCCCCCCCC(c1ccc(N)cc1)c1ccc(CC(C)Cc2ccc(C(CCCCCCCC)c3ccc(N)cc3)cc2)cc1. The molecule has 2 unspecified atom stereocenters. The van der Waals surface area contributed by atoms with Gasteiger partial charge in [0.15, 0.2) is 0 Å². The molecule has 2 atom stereocenters. The van der Waals surface area contributed by atoms with Crippen LogP contribution in [0.1, 0.15) is 156 Å². The third-order valence-electron chi connectivity index (χ3n) is 10.3. The number of benzene rings is 4. The van der Waals surface area contributed by atoms with Gasteiger partial charge in [0.05, 0.1) is 0 Å². The van der Waals surface area contributed by atoms with Gasteiger partial charge < -0.3 is 11.5 Å². The summed E-state index contributed by atoms with van der Waals surface area (Å²) in [6, 6.07) is 36.2. The minimum absolute atomic E-state index is 0.430. The van der Waals surface area contributed by atoms with Crippen LogP contribution in [0.3, 0.4) is 0 Å². The Morgan fingerprint density at radius 3 is 1.02 bits per heavy atom. The molecule has 2 heteroatoms. The van der Waals surface area contributed by atoms with Crippen LogP contribution in [0.4, 0.5) is 11.4 Å². The first-order chi connectivity index (χ1) is 23.5. The number of nitrogens with two attached hydrogens (primary N) is 2. The van der Waals surface area contributed by atoms with Gasteiger partial charge in [-0.1, -0.05) is 171 Å². The average Bonchev–Trinajstić information content (AvgIpc) is 3.10. The van der Waals surface area contributed by atoms with E-state index in [9.17, 15) is 0 Å². The van der Waals surface area contributed by atoms with Crippen LogP contribution in [0.5, 0.6) is 0 Å². The Labute approximate surface area is 293 Å². The van der Waals surface area contributed by atoms with E-state index in [0.29, 0.717) is 17.8 Å². The predicted octanol–water partition coefficient (Wildman–Crippen LogP) is 13.0. The lowest BCUT2D eigenvalue weighted by atomic mass is 9.85. The zero-order valence-corrected chi connectivity index (χ0v) is 30.4. The Bertz CT molecular complexity index is 1290. The number of rotatable bonds is 22. The van der Waals surface area contributed by atoms with Crippen LogP contribution in [0.15, 0.2) is 97.1 Å². The normalized spacial score (nSPS) is 13.3. The van der Waals surface area contributed by atoms with Crippen molar-refractivity contribution in [2.45, 2.75) is 135 Å². The summed E-state index contributed by atoms with van der Waals surface area (Å²) in [5.74, 6) is 1.44. The summed E-state index contributed by atoms with van der Waals surface area (Å²) < 4.78 is 0. The van der Waals surface area contributed by atoms with Crippen molar-refractivity contribution in [3.8, 4) is 0 Å². The molecular weight excluding hydrogens is 581 g/mol. The second-order valence-corrected chi connectivity index (χ2v) is 14.5. The van der Waals surface area contributed by atoms with Crippen LogP contribution in [0.2, 0.25) is 0 Å². The van der Waals surface area contributed by atoms with Gasteiger partial charge in [-0.3, -0.25) is 0 Å². The van der Waals surface area contributed by atoms with Crippen molar-refractivity contribution >= 4 is 11.4 Å². The molecule has 48 heavy (non-hydrogen) atoms. The van der Waals surface area contributed by atoms with Crippen molar-refractivity contribution in [3.63, 3.8) is 0 Å². The monoisotopic (exact) mass is 645 g/mol. The van der Waals surface area contributed by atoms with Crippen LogP contribution in [-0.2, 0) is 12.8 Å². The fraction of sp³-hybridized carbons (Fsp3) is 0.478. The van der Waals surface area contributed by atoms with Gasteiger partial charge in [-0.05, 0) is 89.2 Å². The van der Waals surface area contributed by atoms with Gasteiger partial charge in [0.25, 0.3) is 0 Å². The van der Waals surface area contributed by atoms with E-state index in [1.165, 1.54) is 123 Å². The van der Waals surface area contributed by atoms with Crippen LogP contribution in [0.25, 0.3) is 0 Å². The zero-order chi connectivity index (χ0) is 34.0. The molecule has 4 N–H and O–H groups in total. The Morgan fingerprint density at radius 1 is 0.396 bits per heavy atom. The second kappa shape index (κ2) is 20.8. The lowest BCUT2D eigenvalue weighted by molar-refractivity contribution is 0.566. The number of nitrogen functional groups attached to an aromatic ring is 2. The zero-order valence-electron chi connectivity index (χ0n) is 30.4. The fourth-order valence-corrected chi connectivity index (χ4v) is 7.41. The summed E-state index contributed by atoms with van der Waals surface area (Å²) >= 11 is 0. The summed E-state index contributed by atoms with van der Waals surface area (Å²) in [4.78, 5) is 0. The van der Waals surface area contributed by atoms with E-state index in [2.05, 4.69) is 118 Å². The highest BCUT2D eigenvalue weighted by atomic mass is 14.5. The molecule has 0 saturated carbocycles. The number of unbranched alkanes of at least 4 members (excludes halogenated alkanes) is 10. The molecule has 4 rings (SSSR count). The quantitative estimate of drug-likeness (QED) is 0.0660. The highest BCUT2D eigenvalue weighted by Gasteiger charge is 2.16. The Morgan fingerprint density at radius 2 is 0.688 bits per heavy atom. The molecule has 0 aliphatic heterocycles. The smallest absolute Gasteiger partial charge is 0.0314 e. The summed E-state index contributed by atoms with van der Waals surface area (Å²) in [5.41, 5.74) is 22.2. The van der Waals surface area contributed by atoms with E-state index in [1.54, 1.807) is 0 Å². The Hall–Kier alpha value is -3.52. The molecule has 0 aliphatic carbocycles. The fourth-order valence-electron chi connectivity index (χ4n) is 7.41. The maximum absolute atomic E-state index is 6.03. The van der Waals surface area contributed by atoms with Crippen molar-refractivity contribution in [2.24, 2.45) is 5.92 Å². The van der Waals surface area contributed by atoms with E-state index in [0.717, 1.165) is 24.2 Å². The minimum atomic E-state index is 0.430. The van der Waals surface area contributed by atoms with Gasteiger partial charge in [0, 0.05) is 23.2 Å². The van der Waals surface area contributed by atoms with Crippen molar-refractivity contribution in [2.75, 3.05) is 11.5 Å². The summed E-state index contributed by atoms with van der Waals surface area (Å²) in [6.45, 7) is 6.97. The van der Waals surface area contributed by atoms with Crippen molar-refractivity contribution < 1.29 is 0 Å². The highest BCUT2D eigenvalue weighted by Crippen LogP contribution is 2.33. The Balaban J connectivity index is 1.35. The first-order valence-electron chi connectivity index (χ1n) is 19.3. The third-order valence-corrected chi connectivity index (χ3v) is 10.3. The molecule has 0 amide bonds. The van der Waals surface area contributed by atoms with Crippen LogP contribution < -0.4 is 11.5 Å². The first kappa shape index (κ1) is 37.3. The number of hydrogen-bond acceptors (Lipinski definition) is 2. The van der Waals surface area contributed by atoms with Gasteiger partial charge in [-0.15, -0.1) is 0 Å². The summed E-state index contributed by atoms with van der Waals surface area (Å²) in [6.07, 6.45) is 20.5. The van der Waals surface area contributed by atoms with E-state index in [-0.39, 0.29) is 0 Å². The van der Waals surface area contributed by atoms with Crippen LogP contribution >= 0.6 is 0 Å². The van der Waals surface area contributed by atoms with Crippen molar-refractivity contribution in [3.05, 3.63) is 130 Å². The lowest BCUT2D eigenvalue weighted by Crippen LogP contribution is -2.06. The average molecular weight is 645 g/mol. The molecular formula is C46H64N2. The lowest BCUT2D eigenvalue weighted by Gasteiger charge is -2.20. The minimum Gasteiger partial charge on any atom is -0.399 e. The van der Waals surface area contributed by atoms with Gasteiger partial charge in [0.1, 0.15) is 0 Å². The van der Waals surface area contributed by atoms with Crippen molar-refractivity contribution in [1.82, 2.24) is 0 Å².